The lowest BCUT2D eigenvalue weighted by molar-refractivity contribution is -0.133. The van der Waals surface area contributed by atoms with Gasteiger partial charge >= 0.3 is 13.8 Å². The van der Waals surface area contributed by atoms with Crippen LogP contribution in [0.1, 0.15) is 0 Å². The first-order valence-electron chi connectivity index (χ1n) is 2.19. The Kier molecular flexibility index (Phi) is 3.21. The van der Waals surface area contributed by atoms with E-state index in [-0.39, 0.29) is 5.76 Å². The Bertz CT molecular complexity index is 216. The molecule has 1 rings (SSSR count). The van der Waals surface area contributed by atoms with Crippen molar-refractivity contribution in [3.63, 3.8) is 0 Å². The maximum Gasteiger partial charge on any atom is 0.466 e. The lowest BCUT2D eigenvalue weighted by atomic mass is 10.7. The number of phosphoric acid groups is 1. The lowest BCUT2D eigenvalue weighted by Crippen LogP contribution is -1.88. The third-order valence-corrected chi connectivity index (χ3v) is 0.446. The highest BCUT2D eigenvalue weighted by molar-refractivity contribution is 7.45. The number of ether oxygens (including phenoxy) is 1. The van der Waals surface area contributed by atoms with Gasteiger partial charge in [-0.3, -0.25) is 0 Å². The normalized spacial score (nSPS) is 13.5. The van der Waals surface area contributed by atoms with Crippen molar-refractivity contribution in [2.75, 3.05) is 0 Å². The fraction of sp³-hybridized carbons (Fsp3) is 0. The van der Waals surface area contributed by atoms with Crippen LogP contribution < -0.4 is 0 Å². The Morgan fingerprint density at radius 1 is 1.45 bits per heavy atom. The highest BCUT2D eigenvalue weighted by Crippen LogP contribution is 2.25. The van der Waals surface area contributed by atoms with Crippen LogP contribution in [0.3, 0.4) is 0 Å². The van der Waals surface area contributed by atoms with Gasteiger partial charge in [0.25, 0.3) is 0 Å². The van der Waals surface area contributed by atoms with Crippen LogP contribution in [0.25, 0.3) is 0 Å². The van der Waals surface area contributed by atoms with E-state index >= 15 is 0 Å². The van der Waals surface area contributed by atoms with E-state index in [1.807, 2.05) is 0 Å². The van der Waals surface area contributed by atoms with Gasteiger partial charge in [0.2, 0.25) is 5.76 Å². The van der Waals surface area contributed by atoms with Crippen molar-refractivity contribution in [2.24, 2.45) is 0 Å². The van der Waals surface area contributed by atoms with E-state index in [1.54, 1.807) is 0 Å². The molecule has 4 N–H and O–H groups in total. The summed E-state index contributed by atoms with van der Waals surface area (Å²) in [7, 11) is -4.64. The number of carboxylic acids is 1. The van der Waals surface area contributed by atoms with Gasteiger partial charge in [-0.15, -0.1) is 0 Å². The van der Waals surface area contributed by atoms with Crippen molar-refractivity contribution in [3.8, 4) is 0 Å². The molecule has 0 spiro atoms. The first-order valence-corrected chi connectivity index (χ1v) is 3.75. The maximum absolute atomic E-state index is 9.57. The summed E-state index contributed by atoms with van der Waals surface area (Å²) in [6, 6.07) is 0. The lowest BCUT2D eigenvalue weighted by Gasteiger charge is -1.82. The van der Waals surface area contributed by atoms with Crippen LogP contribution in [0.2, 0.25) is 0 Å². The average Bonchev–Trinajstić information content (AvgIpc) is 2.34. The molecule has 0 unspecified atom stereocenters. The van der Waals surface area contributed by atoms with E-state index in [4.69, 9.17) is 24.4 Å². The molecule has 1 aliphatic rings. The zero-order chi connectivity index (χ0) is 9.07. The predicted octanol–water partition coefficient (Wildman–Crippen LogP) is -0.986. The van der Waals surface area contributed by atoms with Crippen LogP contribution in [0.5, 0.6) is 0 Å². The fourth-order valence-electron chi connectivity index (χ4n) is 0.130. The molecule has 64 valence electrons. The Labute approximate surface area is 60.8 Å². The molecule has 8 heteroatoms. The van der Waals surface area contributed by atoms with Crippen LogP contribution >= 0.6 is 7.82 Å². The maximum atomic E-state index is 9.57. The molecule has 0 radical (unpaired) electrons. The molecule has 1 aliphatic heterocycles. The highest BCUT2D eigenvalue weighted by atomic mass is 31.2. The smallest absolute Gasteiger partial charge is 0.466 e. The zero-order valence-electron chi connectivity index (χ0n) is 5.04. The zero-order valence-corrected chi connectivity index (χ0v) is 5.93. The minimum absolute atomic E-state index is 0.0509. The van der Waals surface area contributed by atoms with Gasteiger partial charge in [-0.2, -0.15) is 0 Å². The molecule has 0 fully saturated rings. The number of hydrogen-bond acceptors (Lipinski definition) is 3. The van der Waals surface area contributed by atoms with Crippen molar-refractivity contribution in [3.05, 3.63) is 12.0 Å². The molecule has 11 heavy (non-hydrogen) atoms. The molecule has 0 aromatic rings. The quantitative estimate of drug-likeness (QED) is 0.385. The molecule has 1 heterocycles. The summed E-state index contributed by atoms with van der Waals surface area (Å²) in [5.41, 5.74) is 0. The van der Waals surface area contributed by atoms with Crippen molar-refractivity contribution >= 4 is 13.8 Å². The number of aliphatic carboxylic acids is 1. The SMILES string of the molecule is O=C(O)C1=CO1.O=P(O)(O)O. The van der Waals surface area contributed by atoms with Crippen LogP contribution in [0.4, 0.5) is 0 Å². The first kappa shape index (κ1) is 10.1. The predicted molar refractivity (Wildman–Crippen MR) is 31.1 cm³/mol. The van der Waals surface area contributed by atoms with E-state index < -0.39 is 13.8 Å². The summed E-state index contributed by atoms with van der Waals surface area (Å²) >= 11 is 0. The molecule has 0 atom stereocenters. The van der Waals surface area contributed by atoms with Gasteiger partial charge < -0.3 is 24.5 Å². The number of carbonyl (C=O) groups is 1. The first-order chi connectivity index (χ1) is 4.80. The molecule has 0 saturated heterocycles. The van der Waals surface area contributed by atoms with Crippen LogP contribution in [-0.4, -0.2) is 25.8 Å². The van der Waals surface area contributed by atoms with Crippen molar-refractivity contribution in [1.82, 2.24) is 0 Å². The number of carboxylic acid groups (broad SMARTS) is 1. The van der Waals surface area contributed by atoms with Gasteiger partial charge in [-0.05, 0) is 0 Å². The molecule has 7 nitrogen and oxygen atoms in total. The van der Waals surface area contributed by atoms with Crippen molar-refractivity contribution in [1.29, 1.82) is 0 Å². The average molecular weight is 184 g/mol. The number of rotatable bonds is 1. The van der Waals surface area contributed by atoms with Crippen molar-refractivity contribution in [2.45, 2.75) is 0 Å². The summed E-state index contributed by atoms with van der Waals surface area (Å²) in [6.07, 6.45) is 1.18. The monoisotopic (exact) mass is 184 g/mol. The second-order valence-corrected chi connectivity index (χ2v) is 2.44. The third-order valence-electron chi connectivity index (χ3n) is 0.446. The second-order valence-electron chi connectivity index (χ2n) is 1.42. The van der Waals surface area contributed by atoms with Crippen molar-refractivity contribution < 1.29 is 33.9 Å². The Hall–Kier alpha value is -0.880. The Balaban J connectivity index is 0.000000187. The van der Waals surface area contributed by atoms with Gasteiger partial charge in [0.05, 0.1) is 0 Å². The number of hydrogen-bond donors (Lipinski definition) is 4. The highest BCUT2D eigenvalue weighted by Gasteiger charge is 2.17. The van der Waals surface area contributed by atoms with E-state index in [0.717, 1.165) is 0 Å². The summed E-state index contributed by atoms with van der Waals surface area (Å²) in [5, 5.41) is 7.86. The molecular weight excluding hydrogens is 179 g/mol. The van der Waals surface area contributed by atoms with Gasteiger partial charge in [0.15, 0.2) is 0 Å². The molecule has 0 aromatic heterocycles. The molecule has 0 bridgehead atoms. The van der Waals surface area contributed by atoms with Crippen LogP contribution in [0.15, 0.2) is 12.0 Å². The van der Waals surface area contributed by atoms with Gasteiger partial charge in [0, 0.05) is 0 Å². The Morgan fingerprint density at radius 2 is 1.73 bits per heavy atom. The van der Waals surface area contributed by atoms with E-state index in [0.29, 0.717) is 0 Å². The molecule has 0 aromatic carbocycles. The minimum atomic E-state index is -4.64. The summed E-state index contributed by atoms with van der Waals surface area (Å²) in [5.74, 6) is -0.940. The minimum Gasteiger partial charge on any atom is -0.475 e. The Morgan fingerprint density at radius 3 is 1.73 bits per heavy atom. The van der Waals surface area contributed by atoms with Gasteiger partial charge in [-0.25, -0.2) is 9.36 Å². The van der Waals surface area contributed by atoms with Gasteiger partial charge in [0.1, 0.15) is 6.26 Å². The van der Waals surface area contributed by atoms with Crippen LogP contribution in [-0.2, 0) is 14.1 Å². The standard InChI is InChI=1S/C3H2O3.H3O4P/c4-3(5)2-1-6-2;1-5(2,3)4/h1H,(H,4,5);(H3,1,2,3,4). The summed E-state index contributed by atoms with van der Waals surface area (Å²) in [6.45, 7) is 0. The molecule has 0 aliphatic carbocycles. The van der Waals surface area contributed by atoms with Gasteiger partial charge in [-0.1, -0.05) is 0 Å². The van der Waals surface area contributed by atoms with E-state index in [9.17, 15) is 4.79 Å². The largest absolute Gasteiger partial charge is 0.475 e. The third kappa shape index (κ3) is 12.3. The second kappa shape index (κ2) is 3.49. The molecular formula is C3H5O7P. The fourth-order valence-corrected chi connectivity index (χ4v) is 0.130. The van der Waals surface area contributed by atoms with E-state index in [2.05, 4.69) is 4.74 Å². The van der Waals surface area contributed by atoms with E-state index in [1.165, 1.54) is 6.26 Å². The molecule has 0 amide bonds. The molecule has 0 saturated carbocycles. The summed E-state index contributed by atoms with van der Waals surface area (Å²) < 4.78 is 13.0. The summed E-state index contributed by atoms with van der Waals surface area (Å²) in [4.78, 5) is 31.1. The van der Waals surface area contributed by atoms with Crippen LogP contribution in [0, 0.1) is 0 Å². The topological polar surface area (TPSA) is 128 Å².